The maximum Gasteiger partial charge on any atom is 0.344 e. The van der Waals surface area contributed by atoms with E-state index in [4.69, 9.17) is 57.1 Å². The summed E-state index contributed by atoms with van der Waals surface area (Å²) in [6.07, 6.45) is -10.3. The van der Waals surface area contributed by atoms with Crippen LogP contribution >= 0.6 is 0 Å². The maximum absolute atomic E-state index is 16.0. The monoisotopic (exact) mass is 837 g/mol. The van der Waals surface area contributed by atoms with Crippen molar-refractivity contribution in [1.82, 2.24) is 9.88 Å². The van der Waals surface area contributed by atoms with Crippen LogP contribution in [0.4, 0.5) is 10.1 Å². The van der Waals surface area contributed by atoms with E-state index in [0.29, 0.717) is 25.2 Å². The number of benzene rings is 1. The predicted molar refractivity (Wildman–Crippen MR) is 208 cm³/mol. The first-order valence-electron chi connectivity index (χ1n) is 20.1. The Labute approximate surface area is 339 Å². The van der Waals surface area contributed by atoms with Gasteiger partial charge in [0.15, 0.2) is 30.3 Å². The number of hydrogen-bond acceptors (Lipinski definition) is 19. The van der Waals surface area contributed by atoms with Crippen LogP contribution in [0.25, 0.3) is 10.9 Å². The van der Waals surface area contributed by atoms with Crippen LogP contribution in [0.15, 0.2) is 17.1 Å². The van der Waals surface area contributed by atoms with E-state index in [1.54, 1.807) is 4.57 Å². The molecule has 1 aromatic heterocycles. The van der Waals surface area contributed by atoms with Crippen molar-refractivity contribution in [2.24, 2.45) is 28.7 Å². The fourth-order valence-corrected chi connectivity index (χ4v) is 8.65. The SMILES string of the molecule is COc1c(N2CCNC(C)C2)c(F)cc2c(=O)c(C(=O)O[C](C)[C@H]3O[C@H](O[C@@H]4[C@@H](O)[C@H](O[C@H]5O[C@H](CN)[C@@H](O)C[C@H]5N)[C@@H](N)C[C@H]4N)[C@H](O)[C@@H](N)[C@@H]3O)cn(C3CC3)c12. The summed E-state index contributed by atoms with van der Waals surface area (Å²) >= 11 is 0. The first-order valence-corrected chi connectivity index (χ1v) is 20.1. The Morgan fingerprint density at radius 2 is 1.66 bits per heavy atom. The zero-order valence-electron chi connectivity index (χ0n) is 33.3. The molecule has 0 spiro atoms. The van der Waals surface area contributed by atoms with Gasteiger partial charge in [-0.25, -0.2) is 9.18 Å². The molecule has 15 atom stereocenters. The third kappa shape index (κ3) is 8.56. The smallest absolute Gasteiger partial charge is 0.344 e. The Morgan fingerprint density at radius 3 is 2.29 bits per heavy atom. The summed E-state index contributed by atoms with van der Waals surface area (Å²) in [5.41, 5.74) is 30.2. The number of hydrogen-bond donors (Lipinski definition) is 10. The number of pyridine rings is 1. The van der Waals surface area contributed by atoms with Gasteiger partial charge >= 0.3 is 5.97 Å². The van der Waals surface area contributed by atoms with E-state index in [0.717, 1.165) is 18.9 Å². The fraction of sp³-hybridized carbons (Fsp3) is 0.711. The van der Waals surface area contributed by atoms with Crippen molar-refractivity contribution in [3.63, 3.8) is 0 Å². The summed E-state index contributed by atoms with van der Waals surface area (Å²) in [5, 5.41) is 47.2. The Hall–Kier alpha value is -3.13. The number of fused-ring (bicyclic) bond motifs is 1. The van der Waals surface area contributed by atoms with Crippen LogP contribution in [0.2, 0.25) is 0 Å². The number of carbonyl (C=O) groups is 1. The first kappa shape index (κ1) is 43.9. The summed E-state index contributed by atoms with van der Waals surface area (Å²) in [5.74, 6) is -1.60. The van der Waals surface area contributed by atoms with Crippen molar-refractivity contribution >= 4 is 22.6 Å². The van der Waals surface area contributed by atoms with Crippen LogP contribution in [0.1, 0.15) is 55.9 Å². The molecule has 1 aromatic carbocycles. The second kappa shape index (κ2) is 17.7. The standard InChI is InChI=1S/C38H58FN8O12/c1-14-12-46(7-6-45-14)27-19(39)8-17-26(35(27)54-3)47(16-4-5-16)13-18(28(17)49)36(53)55-15(2)32-29(50)25(44)30(51)38(57-32)59-34-21(42)9-20(41)33(31(34)52)58-37-22(43)10-23(48)24(11-40)56-37/h8,13-14,16,20-25,29-34,37-38,45,48,50-52H,4-7,9-12,40-44H2,1-3H3/t14?,20-,21+,22+,23-,24+,25-,29-,30+,31-,32+,33+,34-,37+,38+/m0/s1. The minimum atomic E-state index is -1.66. The molecular formula is C38H58FN8O12. The normalized spacial score (nSPS) is 38.1. The second-order valence-corrected chi connectivity index (χ2v) is 16.4. The van der Waals surface area contributed by atoms with Crippen molar-refractivity contribution < 1.29 is 58.0 Å². The summed E-state index contributed by atoms with van der Waals surface area (Å²) in [4.78, 5) is 29.7. The lowest BCUT2D eigenvalue weighted by atomic mass is 9.84. The number of aromatic nitrogens is 1. The molecule has 3 saturated heterocycles. The molecule has 2 aliphatic carbocycles. The molecule has 1 unspecified atom stereocenters. The van der Waals surface area contributed by atoms with Crippen LogP contribution in [-0.2, 0) is 23.7 Å². The van der Waals surface area contributed by atoms with Crippen molar-refractivity contribution in [1.29, 1.82) is 0 Å². The van der Waals surface area contributed by atoms with Gasteiger partial charge in [-0.1, -0.05) is 0 Å². The molecule has 4 heterocycles. The van der Waals surface area contributed by atoms with E-state index >= 15 is 4.39 Å². The van der Waals surface area contributed by atoms with E-state index in [1.807, 2.05) is 11.8 Å². The van der Waals surface area contributed by atoms with Gasteiger partial charge in [-0.3, -0.25) is 4.79 Å². The molecule has 5 fully saturated rings. The number of rotatable bonds is 11. The average molecular weight is 838 g/mol. The molecule has 15 N–H and O–H groups in total. The molecule has 20 nitrogen and oxygen atoms in total. The minimum absolute atomic E-state index is 0.00681. The second-order valence-electron chi connectivity index (χ2n) is 16.4. The molecule has 0 bridgehead atoms. The number of aliphatic hydroxyl groups is 4. The number of nitrogens with zero attached hydrogens (tertiary/aromatic N) is 2. The molecular weight excluding hydrogens is 779 g/mol. The zero-order valence-corrected chi connectivity index (χ0v) is 33.3. The van der Waals surface area contributed by atoms with Crippen LogP contribution in [-0.4, -0.2) is 156 Å². The number of anilines is 1. The van der Waals surface area contributed by atoms with Crippen molar-refractivity contribution in [3.05, 3.63) is 40.0 Å². The highest BCUT2D eigenvalue weighted by Gasteiger charge is 2.52. The summed E-state index contributed by atoms with van der Waals surface area (Å²) < 4.78 is 53.0. The van der Waals surface area contributed by atoms with E-state index in [2.05, 4.69) is 5.32 Å². The van der Waals surface area contributed by atoms with Crippen LogP contribution in [0.3, 0.4) is 0 Å². The van der Waals surface area contributed by atoms with Gasteiger partial charge in [0.05, 0.1) is 42.3 Å². The number of aliphatic hydroxyl groups excluding tert-OH is 4. The first-order chi connectivity index (χ1) is 28.0. The number of nitrogens with one attached hydrogen (secondary N) is 1. The molecule has 329 valence electrons. The number of nitrogens with two attached hydrogens (primary N) is 5. The molecule has 21 heteroatoms. The Balaban J connectivity index is 1.10. The third-order valence-electron chi connectivity index (χ3n) is 12.0. The largest absolute Gasteiger partial charge is 0.492 e. The average Bonchev–Trinajstić information content (AvgIpc) is 4.04. The van der Waals surface area contributed by atoms with Crippen molar-refractivity contribution in [2.45, 2.75) is 137 Å². The van der Waals surface area contributed by atoms with E-state index in [-0.39, 0.29) is 54.4 Å². The number of ether oxygens (including phenoxy) is 6. The van der Waals surface area contributed by atoms with Crippen LogP contribution in [0.5, 0.6) is 5.75 Å². The van der Waals surface area contributed by atoms with Gasteiger partial charge < -0.3 is 92.3 Å². The maximum atomic E-state index is 16.0. The molecule has 7 rings (SSSR count). The van der Waals surface area contributed by atoms with E-state index in [9.17, 15) is 30.0 Å². The molecule has 2 saturated carbocycles. The molecule has 5 aliphatic rings. The van der Waals surface area contributed by atoms with Gasteiger partial charge in [0, 0.05) is 56.5 Å². The molecule has 3 aliphatic heterocycles. The van der Waals surface area contributed by atoms with Gasteiger partial charge in [-0.15, -0.1) is 0 Å². The Kier molecular flexibility index (Phi) is 13.2. The summed E-state index contributed by atoms with van der Waals surface area (Å²) in [6.45, 7) is 4.96. The molecule has 59 heavy (non-hydrogen) atoms. The number of piperazine rings is 1. The van der Waals surface area contributed by atoms with Crippen molar-refractivity contribution in [2.75, 3.05) is 38.2 Å². The lowest BCUT2D eigenvalue weighted by molar-refractivity contribution is -0.313. The molecule has 0 amide bonds. The zero-order chi connectivity index (χ0) is 42.6. The quantitative estimate of drug-likeness (QED) is 0.0992. The lowest BCUT2D eigenvalue weighted by Crippen LogP contribution is -2.68. The lowest BCUT2D eigenvalue weighted by Gasteiger charge is -2.48. The van der Waals surface area contributed by atoms with Gasteiger partial charge in [-0.05, 0) is 45.6 Å². The van der Waals surface area contributed by atoms with Gasteiger partial charge in [-0.2, -0.15) is 0 Å². The topological polar surface area (TPSA) is 321 Å². The number of esters is 1. The summed E-state index contributed by atoms with van der Waals surface area (Å²) in [6, 6.07) is -2.78. The van der Waals surface area contributed by atoms with Gasteiger partial charge in [0.1, 0.15) is 47.9 Å². The minimum Gasteiger partial charge on any atom is -0.492 e. The molecule has 2 aromatic rings. The Bertz CT molecular complexity index is 1890. The van der Waals surface area contributed by atoms with Gasteiger partial charge in [0.2, 0.25) is 5.43 Å². The van der Waals surface area contributed by atoms with E-state index < -0.39 is 108 Å². The van der Waals surface area contributed by atoms with Crippen molar-refractivity contribution in [3.8, 4) is 5.75 Å². The number of halogens is 1. The Morgan fingerprint density at radius 1 is 0.983 bits per heavy atom. The van der Waals surface area contributed by atoms with Gasteiger partial charge in [0.25, 0.3) is 0 Å². The van der Waals surface area contributed by atoms with E-state index in [1.165, 1.54) is 20.2 Å². The van der Waals surface area contributed by atoms with Crippen LogP contribution in [0, 0.1) is 11.9 Å². The number of carbonyl (C=O) groups excluding carboxylic acids is 1. The number of methoxy groups -OCH3 is 1. The highest BCUT2D eigenvalue weighted by atomic mass is 19.1. The predicted octanol–water partition coefficient (Wildman–Crippen LogP) is -3.28. The highest BCUT2D eigenvalue weighted by Crippen LogP contribution is 2.44. The van der Waals surface area contributed by atoms with Crippen LogP contribution < -0.4 is 49.1 Å². The fourth-order valence-electron chi connectivity index (χ4n) is 8.65. The highest BCUT2D eigenvalue weighted by molar-refractivity contribution is 5.98. The third-order valence-corrected chi connectivity index (χ3v) is 12.0. The summed E-state index contributed by atoms with van der Waals surface area (Å²) in [7, 11) is 1.41. The molecule has 1 radical (unpaired) electrons.